The molecular weight excluding hydrogens is 176 g/mol. The fourth-order valence-corrected chi connectivity index (χ4v) is 2.16. The summed E-state index contributed by atoms with van der Waals surface area (Å²) < 4.78 is 0. The van der Waals surface area contributed by atoms with Crippen LogP contribution in [0.25, 0.3) is 0 Å². The van der Waals surface area contributed by atoms with Gasteiger partial charge in [-0.25, -0.2) is 0 Å². The van der Waals surface area contributed by atoms with Crippen molar-refractivity contribution < 1.29 is 9.90 Å². The quantitative estimate of drug-likeness (QED) is 0.726. The van der Waals surface area contributed by atoms with E-state index in [1.807, 2.05) is 0 Å². The van der Waals surface area contributed by atoms with Crippen LogP contribution in [0.2, 0.25) is 0 Å². The van der Waals surface area contributed by atoms with Gasteiger partial charge in [-0.15, -0.1) is 12.4 Å². The monoisotopic (exact) mass is 190 g/mol. The molecule has 0 amide bonds. The molecule has 12 heavy (non-hydrogen) atoms. The minimum absolute atomic E-state index is 0. The van der Waals surface area contributed by atoms with Crippen molar-refractivity contribution in [2.45, 2.75) is 32.1 Å². The van der Waals surface area contributed by atoms with Gasteiger partial charge in [-0.05, 0) is 24.7 Å². The zero-order valence-electron chi connectivity index (χ0n) is 7.03. The lowest BCUT2D eigenvalue weighted by atomic mass is 9.62. The standard InChI is InChI=1S/C9H14O2.ClH/c10-9(11)8-4-7(5-8)6-2-1-3-6;/h6-8H,1-5H2,(H,10,11);1H. The summed E-state index contributed by atoms with van der Waals surface area (Å²) in [6.45, 7) is 0. The van der Waals surface area contributed by atoms with E-state index in [9.17, 15) is 4.79 Å². The SMILES string of the molecule is Cl.O=C(O)C1CC(C2CCC2)C1. The van der Waals surface area contributed by atoms with Crippen molar-refractivity contribution in [3.05, 3.63) is 0 Å². The van der Waals surface area contributed by atoms with Crippen molar-refractivity contribution in [2.24, 2.45) is 17.8 Å². The first-order valence-electron chi connectivity index (χ1n) is 4.50. The lowest BCUT2D eigenvalue weighted by Crippen LogP contribution is -2.37. The van der Waals surface area contributed by atoms with Gasteiger partial charge in [-0.3, -0.25) is 4.79 Å². The molecule has 0 aliphatic heterocycles. The van der Waals surface area contributed by atoms with Crippen molar-refractivity contribution in [2.75, 3.05) is 0 Å². The Morgan fingerprint density at radius 2 is 1.75 bits per heavy atom. The fraction of sp³-hybridized carbons (Fsp3) is 0.889. The molecule has 2 fully saturated rings. The van der Waals surface area contributed by atoms with Gasteiger partial charge in [0, 0.05) is 0 Å². The smallest absolute Gasteiger partial charge is 0.306 e. The third kappa shape index (κ3) is 1.58. The van der Waals surface area contributed by atoms with Crippen molar-refractivity contribution in [3.8, 4) is 0 Å². The third-order valence-corrected chi connectivity index (χ3v) is 3.34. The lowest BCUT2D eigenvalue weighted by molar-refractivity contribution is -0.147. The average molecular weight is 191 g/mol. The Morgan fingerprint density at radius 3 is 2.08 bits per heavy atom. The molecule has 0 spiro atoms. The minimum Gasteiger partial charge on any atom is -0.481 e. The van der Waals surface area contributed by atoms with Crippen molar-refractivity contribution in [1.29, 1.82) is 0 Å². The first-order valence-corrected chi connectivity index (χ1v) is 4.50. The molecular formula is C9H15ClO2. The summed E-state index contributed by atoms with van der Waals surface area (Å²) in [6.07, 6.45) is 6.01. The van der Waals surface area contributed by atoms with Gasteiger partial charge in [0.25, 0.3) is 0 Å². The largest absolute Gasteiger partial charge is 0.481 e. The molecule has 2 aliphatic carbocycles. The number of hydrogen-bond acceptors (Lipinski definition) is 1. The first kappa shape index (κ1) is 9.85. The van der Waals surface area contributed by atoms with Crippen molar-refractivity contribution in [1.82, 2.24) is 0 Å². The van der Waals surface area contributed by atoms with Gasteiger partial charge in [0.1, 0.15) is 0 Å². The Kier molecular flexibility index (Phi) is 2.99. The van der Waals surface area contributed by atoms with Crippen LogP contribution in [0, 0.1) is 17.8 Å². The molecule has 0 saturated heterocycles. The Balaban J connectivity index is 0.000000720. The molecule has 2 rings (SSSR count). The summed E-state index contributed by atoms with van der Waals surface area (Å²) in [7, 11) is 0. The number of carboxylic acid groups (broad SMARTS) is 1. The van der Waals surface area contributed by atoms with Gasteiger partial charge in [-0.1, -0.05) is 19.3 Å². The highest BCUT2D eigenvalue weighted by atomic mass is 35.5. The van der Waals surface area contributed by atoms with E-state index in [1.54, 1.807) is 0 Å². The third-order valence-electron chi connectivity index (χ3n) is 3.34. The average Bonchev–Trinajstić information content (AvgIpc) is 1.70. The molecule has 2 saturated carbocycles. The molecule has 0 bridgehead atoms. The Hall–Kier alpha value is -0.240. The molecule has 0 aromatic rings. The highest BCUT2D eigenvalue weighted by Crippen LogP contribution is 2.46. The maximum absolute atomic E-state index is 10.5. The van der Waals surface area contributed by atoms with E-state index >= 15 is 0 Å². The summed E-state index contributed by atoms with van der Waals surface area (Å²) in [4.78, 5) is 10.5. The molecule has 0 unspecified atom stereocenters. The van der Waals surface area contributed by atoms with E-state index in [4.69, 9.17) is 5.11 Å². The first-order chi connectivity index (χ1) is 5.27. The highest BCUT2D eigenvalue weighted by Gasteiger charge is 2.40. The number of hydrogen-bond donors (Lipinski definition) is 1. The van der Waals surface area contributed by atoms with Gasteiger partial charge in [0.15, 0.2) is 0 Å². The molecule has 3 heteroatoms. The predicted molar refractivity (Wildman–Crippen MR) is 48.4 cm³/mol. The second-order valence-corrected chi connectivity index (χ2v) is 3.96. The summed E-state index contributed by atoms with van der Waals surface area (Å²) in [5.74, 6) is 1.08. The summed E-state index contributed by atoms with van der Waals surface area (Å²) in [5.41, 5.74) is 0. The molecule has 0 heterocycles. The van der Waals surface area contributed by atoms with E-state index in [-0.39, 0.29) is 18.3 Å². The van der Waals surface area contributed by atoms with Crippen LogP contribution in [0.1, 0.15) is 32.1 Å². The number of halogens is 1. The number of carboxylic acids is 1. The van der Waals surface area contributed by atoms with Gasteiger partial charge >= 0.3 is 5.97 Å². The van der Waals surface area contributed by atoms with Gasteiger partial charge in [0.05, 0.1) is 5.92 Å². The van der Waals surface area contributed by atoms with Crippen LogP contribution in [0.5, 0.6) is 0 Å². The Labute approximate surface area is 78.8 Å². The van der Waals surface area contributed by atoms with E-state index in [0.29, 0.717) is 0 Å². The van der Waals surface area contributed by atoms with Gasteiger partial charge in [0.2, 0.25) is 0 Å². The maximum Gasteiger partial charge on any atom is 0.306 e. The molecule has 0 radical (unpaired) electrons. The maximum atomic E-state index is 10.5. The summed E-state index contributed by atoms with van der Waals surface area (Å²) in [5, 5.41) is 8.62. The fourth-order valence-electron chi connectivity index (χ4n) is 2.16. The van der Waals surface area contributed by atoms with Crippen LogP contribution in [0.4, 0.5) is 0 Å². The topological polar surface area (TPSA) is 37.3 Å². The molecule has 0 aromatic carbocycles. The Morgan fingerprint density at radius 1 is 1.17 bits per heavy atom. The molecule has 70 valence electrons. The molecule has 0 atom stereocenters. The normalized spacial score (nSPS) is 34.3. The zero-order chi connectivity index (χ0) is 7.84. The van der Waals surface area contributed by atoms with Crippen LogP contribution in [0.15, 0.2) is 0 Å². The number of aliphatic carboxylic acids is 1. The van der Waals surface area contributed by atoms with Crippen LogP contribution in [-0.4, -0.2) is 11.1 Å². The van der Waals surface area contributed by atoms with Crippen molar-refractivity contribution >= 4 is 18.4 Å². The van der Waals surface area contributed by atoms with E-state index < -0.39 is 5.97 Å². The minimum atomic E-state index is -0.583. The van der Waals surface area contributed by atoms with Crippen LogP contribution >= 0.6 is 12.4 Å². The number of rotatable bonds is 2. The molecule has 2 aliphatic rings. The summed E-state index contributed by atoms with van der Waals surface area (Å²) >= 11 is 0. The van der Waals surface area contributed by atoms with Crippen molar-refractivity contribution in [3.63, 3.8) is 0 Å². The molecule has 0 aromatic heterocycles. The Bertz CT molecular complexity index is 171. The van der Waals surface area contributed by atoms with Crippen LogP contribution in [0.3, 0.4) is 0 Å². The van der Waals surface area contributed by atoms with Gasteiger partial charge < -0.3 is 5.11 Å². The van der Waals surface area contributed by atoms with Crippen LogP contribution < -0.4 is 0 Å². The highest BCUT2D eigenvalue weighted by molar-refractivity contribution is 5.85. The van der Waals surface area contributed by atoms with E-state index in [2.05, 4.69) is 0 Å². The molecule has 1 N–H and O–H groups in total. The molecule has 2 nitrogen and oxygen atoms in total. The zero-order valence-corrected chi connectivity index (χ0v) is 7.85. The predicted octanol–water partition coefficient (Wildman–Crippen LogP) is 2.32. The second kappa shape index (κ2) is 3.65. The van der Waals surface area contributed by atoms with Crippen LogP contribution in [-0.2, 0) is 4.79 Å². The lowest BCUT2D eigenvalue weighted by Gasteiger charge is -2.42. The van der Waals surface area contributed by atoms with E-state index in [1.165, 1.54) is 19.3 Å². The summed E-state index contributed by atoms with van der Waals surface area (Å²) in [6, 6.07) is 0. The van der Waals surface area contributed by atoms with E-state index in [0.717, 1.165) is 24.7 Å². The number of carbonyl (C=O) groups is 1. The second-order valence-electron chi connectivity index (χ2n) is 3.96. The van der Waals surface area contributed by atoms with Gasteiger partial charge in [-0.2, -0.15) is 0 Å².